The molecular formula is C15H20N2O2. The SMILES string of the molecule is Cc1ccc(CCC(=O)NC2CCNC(=O)C2)cc1. The van der Waals surface area contributed by atoms with Crippen molar-refractivity contribution < 1.29 is 9.59 Å². The number of aryl methyl sites for hydroxylation is 2. The molecule has 4 nitrogen and oxygen atoms in total. The number of benzene rings is 1. The Morgan fingerprint density at radius 2 is 2.11 bits per heavy atom. The van der Waals surface area contributed by atoms with Crippen molar-refractivity contribution in [1.29, 1.82) is 0 Å². The number of piperidine rings is 1. The van der Waals surface area contributed by atoms with Crippen LogP contribution in [0, 0.1) is 6.92 Å². The maximum atomic E-state index is 11.8. The van der Waals surface area contributed by atoms with Gasteiger partial charge in [-0.2, -0.15) is 0 Å². The van der Waals surface area contributed by atoms with E-state index in [4.69, 9.17) is 0 Å². The van der Waals surface area contributed by atoms with Crippen LogP contribution in [0.15, 0.2) is 24.3 Å². The fourth-order valence-corrected chi connectivity index (χ4v) is 2.22. The zero-order valence-electron chi connectivity index (χ0n) is 11.2. The number of amides is 2. The molecule has 0 aromatic heterocycles. The summed E-state index contributed by atoms with van der Waals surface area (Å²) in [4.78, 5) is 23.0. The summed E-state index contributed by atoms with van der Waals surface area (Å²) in [5.41, 5.74) is 2.39. The number of rotatable bonds is 4. The van der Waals surface area contributed by atoms with E-state index in [0.29, 0.717) is 19.4 Å². The van der Waals surface area contributed by atoms with Crippen molar-refractivity contribution in [2.24, 2.45) is 0 Å². The van der Waals surface area contributed by atoms with Gasteiger partial charge in [0.15, 0.2) is 0 Å². The number of carbonyl (C=O) groups is 2. The summed E-state index contributed by atoms with van der Waals surface area (Å²) < 4.78 is 0. The Hall–Kier alpha value is -1.84. The van der Waals surface area contributed by atoms with Crippen molar-refractivity contribution in [3.05, 3.63) is 35.4 Å². The van der Waals surface area contributed by atoms with E-state index in [9.17, 15) is 9.59 Å². The average Bonchev–Trinajstić information content (AvgIpc) is 2.38. The third kappa shape index (κ3) is 4.39. The van der Waals surface area contributed by atoms with Crippen molar-refractivity contribution in [2.75, 3.05) is 6.54 Å². The van der Waals surface area contributed by atoms with Crippen LogP contribution in [-0.4, -0.2) is 24.4 Å². The predicted octanol–water partition coefficient (Wildman–Crippen LogP) is 1.32. The Labute approximate surface area is 113 Å². The first-order valence-electron chi connectivity index (χ1n) is 6.75. The van der Waals surface area contributed by atoms with Gasteiger partial charge in [-0.1, -0.05) is 29.8 Å². The lowest BCUT2D eigenvalue weighted by atomic mass is 10.0. The second-order valence-corrected chi connectivity index (χ2v) is 5.09. The van der Waals surface area contributed by atoms with E-state index in [1.165, 1.54) is 11.1 Å². The molecule has 2 N–H and O–H groups in total. The second-order valence-electron chi connectivity index (χ2n) is 5.09. The van der Waals surface area contributed by atoms with Crippen LogP contribution in [0.1, 0.15) is 30.4 Å². The van der Waals surface area contributed by atoms with Crippen molar-refractivity contribution in [3.63, 3.8) is 0 Å². The summed E-state index contributed by atoms with van der Waals surface area (Å²) in [6.07, 6.45) is 2.44. The molecule has 1 unspecified atom stereocenters. The number of carbonyl (C=O) groups excluding carboxylic acids is 2. The van der Waals surface area contributed by atoms with Gasteiger partial charge in [0.2, 0.25) is 11.8 Å². The van der Waals surface area contributed by atoms with E-state index in [1.807, 2.05) is 6.92 Å². The lowest BCUT2D eigenvalue weighted by Crippen LogP contribution is -2.45. The van der Waals surface area contributed by atoms with Crippen LogP contribution < -0.4 is 10.6 Å². The maximum Gasteiger partial charge on any atom is 0.222 e. The summed E-state index contributed by atoms with van der Waals surface area (Å²) >= 11 is 0. The molecule has 1 atom stereocenters. The summed E-state index contributed by atoms with van der Waals surface area (Å²) in [5, 5.41) is 5.69. The van der Waals surface area contributed by atoms with Gasteiger partial charge in [0.1, 0.15) is 0 Å². The molecular weight excluding hydrogens is 240 g/mol. The van der Waals surface area contributed by atoms with Crippen LogP contribution in [0.4, 0.5) is 0 Å². The second kappa shape index (κ2) is 6.36. The average molecular weight is 260 g/mol. The first-order valence-corrected chi connectivity index (χ1v) is 6.75. The van der Waals surface area contributed by atoms with Gasteiger partial charge < -0.3 is 10.6 Å². The normalized spacial score (nSPS) is 18.8. The van der Waals surface area contributed by atoms with Gasteiger partial charge in [-0.05, 0) is 25.3 Å². The van der Waals surface area contributed by atoms with Crippen LogP contribution in [0.2, 0.25) is 0 Å². The summed E-state index contributed by atoms with van der Waals surface area (Å²) in [7, 11) is 0. The Balaban J connectivity index is 1.75. The van der Waals surface area contributed by atoms with Gasteiger partial charge in [0, 0.05) is 25.4 Å². The van der Waals surface area contributed by atoms with Crippen molar-refractivity contribution in [3.8, 4) is 0 Å². The minimum Gasteiger partial charge on any atom is -0.356 e. The summed E-state index contributed by atoms with van der Waals surface area (Å²) in [5.74, 6) is 0.0513. The Kier molecular flexibility index (Phi) is 4.55. The molecule has 1 aromatic carbocycles. The molecule has 0 saturated carbocycles. The highest BCUT2D eigenvalue weighted by Gasteiger charge is 2.20. The van der Waals surface area contributed by atoms with E-state index in [1.54, 1.807) is 0 Å². The third-order valence-electron chi connectivity index (χ3n) is 3.37. The molecule has 0 spiro atoms. The molecule has 102 valence electrons. The predicted molar refractivity (Wildman–Crippen MR) is 73.7 cm³/mol. The molecule has 1 heterocycles. The molecule has 1 fully saturated rings. The minimum absolute atomic E-state index is 0.000678. The van der Waals surface area contributed by atoms with Crippen LogP contribution in [0.3, 0.4) is 0 Å². The highest BCUT2D eigenvalue weighted by Crippen LogP contribution is 2.07. The van der Waals surface area contributed by atoms with Gasteiger partial charge in [-0.15, -0.1) is 0 Å². The lowest BCUT2D eigenvalue weighted by molar-refractivity contribution is -0.124. The highest BCUT2D eigenvalue weighted by molar-refractivity contribution is 5.80. The van der Waals surface area contributed by atoms with Crippen LogP contribution >= 0.6 is 0 Å². The monoisotopic (exact) mass is 260 g/mol. The van der Waals surface area contributed by atoms with E-state index >= 15 is 0 Å². The first-order chi connectivity index (χ1) is 9.13. The molecule has 1 saturated heterocycles. The van der Waals surface area contributed by atoms with Gasteiger partial charge in [0.05, 0.1) is 0 Å². The van der Waals surface area contributed by atoms with Gasteiger partial charge in [-0.25, -0.2) is 0 Å². The Bertz CT molecular complexity index is 454. The molecule has 1 aromatic rings. The van der Waals surface area contributed by atoms with Crippen molar-refractivity contribution in [1.82, 2.24) is 10.6 Å². The number of hydrogen-bond donors (Lipinski definition) is 2. The van der Waals surface area contributed by atoms with Gasteiger partial charge >= 0.3 is 0 Å². The first kappa shape index (κ1) is 13.6. The van der Waals surface area contributed by atoms with Crippen LogP contribution in [0.5, 0.6) is 0 Å². The fraction of sp³-hybridized carbons (Fsp3) is 0.467. The summed E-state index contributed by atoms with van der Waals surface area (Å²) in [6.45, 7) is 2.70. The molecule has 1 aliphatic rings. The largest absolute Gasteiger partial charge is 0.356 e. The number of hydrogen-bond acceptors (Lipinski definition) is 2. The van der Waals surface area contributed by atoms with E-state index in [2.05, 4.69) is 34.9 Å². The smallest absolute Gasteiger partial charge is 0.222 e. The van der Waals surface area contributed by atoms with Crippen LogP contribution in [-0.2, 0) is 16.0 Å². The Morgan fingerprint density at radius 3 is 2.79 bits per heavy atom. The molecule has 19 heavy (non-hydrogen) atoms. The zero-order chi connectivity index (χ0) is 13.7. The maximum absolute atomic E-state index is 11.8. The summed E-state index contributed by atoms with van der Waals surface area (Å²) in [6, 6.07) is 8.21. The minimum atomic E-state index is -0.000678. The standard InChI is InChI=1S/C15H20N2O2/c1-11-2-4-12(5-3-11)6-7-14(18)17-13-8-9-16-15(19)10-13/h2-5,13H,6-10H2,1H3,(H,16,19)(H,17,18). The molecule has 0 bridgehead atoms. The third-order valence-corrected chi connectivity index (χ3v) is 3.37. The van der Waals surface area contributed by atoms with E-state index in [-0.39, 0.29) is 17.9 Å². The molecule has 2 rings (SSSR count). The van der Waals surface area contributed by atoms with Crippen LogP contribution in [0.25, 0.3) is 0 Å². The van der Waals surface area contributed by atoms with Gasteiger partial charge in [0.25, 0.3) is 0 Å². The van der Waals surface area contributed by atoms with Gasteiger partial charge in [-0.3, -0.25) is 9.59 Å². The van der Waals surface area contributed by atoms with Crippen molar-refractivity contribution >= 4 is 11.8 Å². The Morgan fingerprint density at radius 1 is 1.37 bits per heavy atom. The highest BCUT2D eigenvalue weighted by atomic mass is 16.2. The molecule has 2 amide bonds. The van der Waals surface area contributed by atoms with Crippen molar-refractivity contribution in [2.45, 2.75) is 38.6 Å². The van der Waals surface area contributed by atoms with E-state index < -0.39 is 0 Å². The number of nitrogens with one attached hydrogen (secondary N) is 2. The molecule has 4 heteroatoms. The fourth-order valence-electron chi connectivity index (χ4n) is 2.22. The molecule has 1 aliphatic heterocycles. The topological polar surface area (TPSA) is 58.2 Å². The quantitative estimate of drug-likeness (QED) is 0.858. The lowest BCUT2D eigenvalue weighted by Gasteiger charge is -2.23. The van der Waals surface area contributed by atoms with E-state index in [0.717, 1.165) is 12.8 Å². The molecule has 0 aliphatic carbocycles. The zero-order valence-corrected chi connectivity index (χ0v) is 11.2. The molecule has 0 radical (unpaired) electrons.